The van der Waals surface area contributed by atoms with E-state index in [4.69, 9.17) is 0 Å². The molecule has 2 N–H and O–H groups in total. The van der Waals surface area contributed by atoms with Gasteiger partial charge in [-0.3, -0.25) is 0 Å². The second-order valence-corrected chi connectivity index (χ2v) is 3.80. The van der Waals surface area contributed by atoms with Crippen molar-refractivity contribution >= 4 is 16.9 Å². The fourth-order valence-electron chi connectivity index (χ4n) is 1.18. The first-order valence-corrected chi connectivity index (χ1v) is 4.43. The highest BCUT2D eigenvalue weighted by molar-refractivity contribution is 8.17. The Kier molecular flexibility index (Phi) is 1.51. The molecular formula is C8H10N3S+. The highest BCUT2D eigenvalue weighted by atomic mass is 32.2. The molecule has 0 aromatic rings. The highest BCUT2D eigenvalue weighted by Crippen LogP contribution is 2.22. The van der Waals surface area contributed by atoms with E-state index in [1.165, 1.54) is 0 Å². The van der Waals surface area contributed by atoms with Crippen molar-refractivity contribution in [3.8, 4) is 0 Å². The number of hydrogen-bond donors (Lipinski definition) is 2. The van der Waals surface area contributed by atoms with Crippen molar-refractivity contribution in [3.63, 3.8) is 0 Å². The Balaban J connectivity index is 2.39. The maximum Gasteiger partial charge on any atom is 0.346 e. The molecule has 0 saturated heterocycles. The number of nitrogens with one attached hydrogen (secondary N) is 2. The van der Waals surface area contributed by atoms with Gasteiger partial charge in [0.15, 0.2) is 0 Å². The number of rotatable bonds is 0. The summed E-state index contributed by atoms with van der Waals surface area (Å²) >= 11 is 1.58. The van der Waals surface area contributed by atoms with Crippen molar-refractivity contribution in [2.45, 2.75) is 6.92 Å². The van der Waals surface area contributed by atoms with E-state index in [0.717, 1.165) is 21.6 Å². The third-order valence-electron chi connectivity index (χ3n) is 1.66. The molecule has 0 amide bonds. The van der Waals surface area contributed by atoms with Crippen molar-refractivity contribution in [3.05, 3.63) is 35.7 Å². The molecule has 0 aromatic carbocycles. The molecule has 0 aliphatic carbocycles. The van der Waals surface area contributed by atoms with Crippen LogP contribution < -0.4 is 10.7 Å². The monoisotopic (exact) mass is 180 g/mol. The Bertz CT molecular complexity index is 338. The first-order chi connectivity index (χ1) is 5.66. The normalized spacial score (nSPS) is 21.6. The van der Waals surface area contributed by atoms with Gasteiger partial charge in [0.25, 0.3) is 0 Å². The molecule has 0 radical (unpaired) electrons. The van der Waals surface area contributed by atoms with Gasteiger partial charge < -0.3 is 0 Å². The zero-order chi connectivity index (χ0) is 8.72. The molecule has 12 heavy (non-hydrogen) atoms. The quantitative estimate of drug-likeness (QED) is 0.547. The van der Waals surface area contributed by atoms with Crippen LogP contribution in [0.3, 0.4) is 0 Å². The second-order valence-electron chi connectivity index (χ2n) is 2.71. The summed E-state index contributed by atoms with van der Waals surface area (Å²) in [5.41, 5.74) is 5.16. The Labute approximate surface area is 75.5 Å². The lowest BCUT2D eigenvalue weighted by Gasteiger charge is -2.08. The lowest BCUT2D eigenvalue weighted by molar-refractivity contribution is -0.527. The summed E-state index contributed by atoms with van der Waals surface area (Å²) in [7, 11) is 0. The molecule has 2 heterocycles. The molecule has 2 rings (SSSR count). The molecule has 0 unspecified atom stereocenters. The van der Waals surface area contributed by atoms with Crippen LogP contribution in [0.5, 0.6) is 0 Å². The van der Waals surface area contributed by atoms with E-state index in [1.54, 1.807) is 11.8 Å². The van der Waals surface area contributed by atoms with E-state index < -0.39 is 0 Å². The largest absolute Gasteiger partial charge is 0.346 e. The Hall–Kier alpha value is -1.16. The summed E-state index contributed by atoms with van der Waals surface area (Å²) in [5, 5.41) is 5.11. The number of nitrogens with zero attached hydrogens (tertiary/aromatic N) is 1. The van der Waals surface area contributed by atoms with E-state index in [2.05, 4.69) is 23.9 Å². The van der Waals surface area contributed by atoms with Gasteiger partial charge in [-0.2, -0.15) is 0 Å². The van der Waals surface area contributed by atoms with E-state index in [0.29, 0.717) is 0 Å². The first-order valence-electron chi connectivity index (χ1n) is 3.61. The number of allylic oxidation sites excluding steroid dienone is 2. The number of thioether (sulfide) groups is 1. The fraction of sp³-hybridized carbons (Fsp3) is 0.125. The molecule has 0 spiro atoms. The van der Waals surface area contributed by atoms with Gasteiger partial charge in [-0.25, -0.2) is 10.7 Å². The third kappa shape index (κ3) is 1.04. The van der Waals surface area contributed by atoms with Crippen LogP contribution in [0.1, 0.15) is 6.92 Å². The van der Waals surface area contributed by atoms with Crippen molar-refractivity contribution in [2.24, 2.45) is 0 Å². The maximum absolute atomic E-state index is 3.84. The fourth-order valence-corrected chi connectivity index (χ4v) is 2.01. The average Bonchev–Trinajstić information content (AvgIpc) is 2.29. The SMILES string of the molecule is C=C1C=C(C)[N+]2=C(N1)SC(=C)N2. The lowest BCUT2D eigenvalue weighted by atomic mass is 10.3. The predicted molar refractivity (Wildman–Crippen MR) is 51.2 cm³/mol. The van der Waals surface area contributed by atoms with Crippen molar-refractivity contribution in [1.29, 1.82) is 0 Å². The molecule has 4 heteroatoms. The molecule has 2 aliphatic rings. The Morgan fingerprint density at radius 1 is 1.50 bits per heavy atom. The van der Waals surface area contributed by atoms with E-state index in [9.17, 15) is 0 Å². The number of hydrogen-bond acceptors (Lipinski definition) is 3. The number of amidine groups is 1. The van der Waals surface area contributed by atoms with Crippen LogP contribution in [0.2, 0.25) is 0 Å². The van der Waals surface area contributed by atoms with Gasteiger partial charge in [0.2, 0.25) is 0 Å². The van der Waals surface area contributed by atoms with Crippen LogP contribution in [-0.4, -0.2) is 9.85 Å². The summed E-state index contributed by atoms with van der Waals surface area (Å²) in [6.07, 6.45) is 1.98. The molecule has 0 aromatic heterocycles. The molecule has 2 aliphatic heterocycles. The standard InChI is InChI=1S/C8H9N3S/c1-5-4-6(2)11-8(9-5)12-7(3)10-11/h4,10H,1,3H2,2H3/p+1. The molecule has 0 bridgehead atoms. The minimum Gasteiger partial charge on any atom is -0.233 e. The summed E-state index contributed by atoms with van der Waals surface area (Å²) in [5.74, 6) is 0. The summed E-state index contributed by atoms with van der Waals surface area (Å²) in [6.45, 7) is 9.70. The van der Waals surface area contributed by atoms with Crippen molar-refractivity contribution < 1.29 is 4.68 Å². The van der Waals surface area contributed by atoms with Crippen LogP contribution in [-0.2, 0) is 0 Å². The van der Waals surface area contributed by atoms with E-state index in [1.807, 2.05) is 17.7 Å². The molecule has 0 atom stereocenters. The molecular weight excluding hydrogens is 170 g/mol. The van der Waals surface area contributed by atoms with Gasteiger partial charge in [-0.15, -0.1) is 4.68 Å². The Morgan fingerprint density at radius 2 is 2.25 bits per heavy atom. The second kappa shape index (κ2) is 2.42. The van der Waals surface area contributed by atoms with Crippen LogP contribution in [0, 0.1) is 0 Å². The average molecular weight is 180 g/mol. The highest BCUT2D eigenvalue weighted by Gasteiger charge is 2.29. The molecule has 3 nitrogen and oxygen atoms in total. The van der Waals surface area contributed by atoms with Gasteiger partial charge in [0.05, 0.1) is 0 Å². The minimum atomic E-state index is 0.919. The minimum absolute atomic E-state index is 0.919. The molecule has 0 fully saturated rings. The van der Waals surface area contributed by atoms with Gasteiger partial charge in [-0.1, -0.05) is 13.2 Å². The van der Waals surface area contributed by atoms with Crippen LogP contribution >= 0.6 is 11.8 Å². The van der Waals surface area contributed by atoms with Gasteiger partial charge in [0, 0.05) is 24.8 Å². The maximum atomic E-state index is 3.84. The van der Waals surface area contributed by atoms with Gasteiger partial charge in [0.1, 0.15) is 16.4 Å². The van der Waals surface area contributed by atoms with Gasteiger partial charge >= 0.3 is 5.17 Å². The molecule has 0 saturated carbocycles. The Morgan fingerprint density at radius 3 is 3.00 bits per heavy atom. The van der Waals surface area contributed by atoms with Crippen molar-refractivity contribution in [2.75, 3.05) is 0 Å². The predicted octanol–water partition coefficient (Wildman–Crippen LogP) is 1.10. The summed E-state index contributed by atoms with van der Waals surface area (Å²) in [4.78, 5) is 0. The zero-order valence-electron chi connectivity index (χ0n) is 6.85. The van der Waals surface area contributed by atoms with Crippen LogP contribution in [0.4, 0.5) is 0 Å². The van der Waals surface area contributed by atoms with Crippen LogP contribution in [0.25, 0.3) is 0 Å². The van der Waals surface area contributed by atoms with Gasteiger partial charge in [-0.05, 0) is 0 Å². The third-order valence-corrected chi connectivity index (χ3v) is 2.48. The lowest BCUT2D eigenvalue weighted by Crippen LogP contribution is -2.33. The van der Waals surface area contributed by atoms with E-state index in [-0.39, 0.29) is 0 Å². The van der Waals surface area contributed by atoms with E-state index >= 15 is 0 Å². The summed E-state index contributed by atoms with van der Waals surface area (Å²) in [6, 6.07) is 0. The van der Waals surface area contributed by atoms with Crippen molar-refractivity contribution in [1.82, 2.24) is 10.7 Å². The van der Waals surface area contributed by atoms with Crippen LogP contribution in [0.15, 0.2) is 35.7 Å². The zero-order valence-corrected chi connectivity index (χ0v) is 7.66. The topological polar surface area (TPSA) is 27.1 Å². The first kappa shape index (κ1) is 7.49. The number of hydrazone groups is 1. The number of hydrazine groups is 1. The molecule has 62 valence electrons. The smallest absolute Gasteiger partial charge is 0.233 e. The summed E-state index contributed by atoms with van der Waals surface area (Å²) < 4.78 is 1.96.